The lowest BCUT2D eigenvalue weighted by atomic mass is 10.1. The van der Waals surface area contributed by atoms with Gasteiger partial charge in [-0.15, -0.1) is 0 Å². The number of nitrogens with zero attached hydrogens (tertiary/aromatic N) is 6. The molecule has 2 aromatic heterocycles. The molecular formula is C18H27N7O. The summed E-state index contributed by atoms with van der Waals surface area (Å²) in [6.45, 7) is 3.58. The van der Waals surface area contributed by atoms with Crippen molar-refractivity contribution in [2.24, 2.45) is 0 Å². The van der Waals surface area contributed by atoms with Gasteiger partial charge < -0.3 is 19.9 Å². The molecule has 1 saturated heterocycles. The number of rotatable bonds is 6. The number of nitrogens with one attached hydrogen (secondary N) is 1. The third-order valence-electron chi connectivity index (χ3n) is 5.29. The van der Waals surface area contributed by atoms with Gasteiger partial charge in [0.15, 0.2) is 0 Å². The molecule has 1 fully saturated rings. The Morgan fingerprint density at radius 3 is 3.04 bits per heavy atom. The minimum Gasteiger partial charge on any atom is -0.378 e. The molecule has 0 unspecified atom stereocenters. The fourth-order valence-corrected chi connectivity index (χ4v) is 3.84. The van der Waals surface area contributed by atoms with Crippen LogP contribution in [-0.4, -0.2) is 66.2 Å². The van der Waals surface area contributed by atoms with Crippen molar-refractivity contribution in [2.45, 2.75) is 38.1 Å². The molecular weight excluding hydrogens is 330 g/mol. The van der Waals surface area contributed by atoms with Crippen LogP contribution in [0.4, 0.5) is 11.8 Å². The average molecular weight is 357 g/mol. The molecule has 1 N–H and O–H groups in total. The average Bonchev–Trinajstić information content (AvgIpc) is 3.36. The number of hydrogen-bond acceptors (Lipinski definition) is 7. The van der Waals surface area contributed by atoms with E-state index in [4.69, 9.17) is 4.74 Å². The predicted octanol–water partition coefficient (Wildman–Crippen LogP) is 0.679. The number of fused-ring (bicyclic) bond motifs is 1. The number of aryl methyl sites for hydroxylation is 1. The Kier molecular flexibility index (Phi) is 4.78. The van der Waals surface area contributed by atoms with Crippen molar-refractivity contribution >= 4 is 11.8 Å². The second-order valence-electron chi connectivity index (χ2n) is 7.22. The van der Waals surface area contributed by atoms with Crippen molar-refractivity contribution in [1.82, 2.24) is 25.1 Å². The van der Waals surface area contributed by atoms with Gasteiger partial charge in [-0.25, -0.2) is 4.98 Å². The van der Waals surface area contributed by atoms with Crippen molar-refractivity contribution in [3.05, 3.63) is 29.7 Å². The van der Waals surface area contributed by atoms with Crippen LogP contribution in [0.25, 0.3) is 0 Å². The number of hydrogen-bond donors (Lipinski definition) is 1. The molecule has 8 nitrogen and oxygen atoms in total. The van der Waals surface area contributed by atoms with Gasteiger partial charge in [-0.1, -0.05) is 0 Å². The maximum Gasteiger partial charge on any atom is 0.226 e. The first-order chi connectivity index (χ1) is 12.7. The number of methoxy groups -OCH3 is 1. The highest BCUT2D eigenvalue weighted by Gasteiger charge is 2.33. The Bertz CT molecular complexity index is 760. The van der Waals surface area contributed by atoms with E-state index < -0.39 is 0 Å². The minimum atomic E-state index is 0.136. The molecule has 0 bridgehead atoms. The van der Waals surface area contributed by atoms with Gasteiger partial charge in [0.2, 0.25) is 5.95 Å². The maximum absolute atomic E-state index is 5.74. The third-order valence-corrected chi connectivity index (χ3v) is 5.29. The first kappa shape index (κ1) is 17.2. The quantitative estimate of drug-likeness (QED) is 0.815. The van der Waals surface area contributed by atoms with Crippen molar-refractivity contribution in [3.63, 3.8) is 0 Å². The molecule has 0 aromatic carbocycles. The zero-order chi connectivity index (χ0) is 18.1. The largest absolute Gasteiger partial charge is 0.378 e. The van der Waals surface area contributed by atoms with Gasteiger partial charge in [-0.3, -0.25) is 4.68 Å². The highest BCUT2D eigenvalue weighted by Crippen LogP contribution is 2.23. The van der Waals surface area contributed by atoms with Crippen LogP contribution in [0, 0.1) is 0 Å². The highest BCUT2D eigenvalue weighted by atomic mass is 16.5. The van der Waals surface area contributed by atoms with Crippen molar-refractivity contribution in [3.8, 4) is 0 Å². The van der Waals surface area contributed by atoms with E-state index in [0.717, 1.165) is 44.4 Å². The predicted molar refractivity (Wildman–Crippen MR) is 101 cm³/mol. The van der Waals surface area contributed by atoms with Crippen molar-refractivity contribution < 1.29 is 4.74 Å². The van der Waals surface area contributed by atoms with E-state index in [0.29, 0.717) is 0 Å². The fraction of sp³-hybridized carbons (Fsp3) is 0.611. The summed E-state index contributed by atoms with van der Waals surface area (Å²) in [5, 5.41) is 8.16. The van der Waals surface area contributed by atoms with Crippen LogP contribution in [0.5, 0.6) is 0 Å². The summed E-state index contributed by atoms with van der Waals surface area (Å²) in [6.07, 6.45) is 6.29. The Balaban J connectivity index is 1.43. The molecule has 2 aromatic rings. The van der Waals surface area contributed by atoms with E-state index in [1.54, 1.807) is 7.11 Å². The minimum absolute atomic E-state index is 0.136. The molecule has 0 saturated carbocycles. The molecule has 2 atom stereocenters. The maximum atomic E-state index is 5.74. The van der Waals surface area contributed by atoms with E-state index >= 15 is 0 Å². The molecule has 0 amide bonds. The van der Waals surface area contributed by atoms with Crippen LogP contribution in [0.15, 0.2) is 18.5 Å². The fourth-order valence-electron chi connectivity index (χ4n) is 3.84. The van der Waals surface area contributed by atoms with Crippen LogP contribution >= 0.6 is 0 Å². The van der Waals surface area contributed by atoms with E-state index in [1.165, 1.54) is 17.7 Å². The number of ether oxygens (including phenoxy) is 1. The molecule has 2 aliphatic heterocycles. The van der Waals surface area contributed by atoms with E-state index in [1.807, 2.05) is 37.5 Å². The second-order valence-corrected chi connectivity index (χ2v) is 7.22. The zero-order valence-corrected chi connectivity index (χ0v) is 15.7. The summed E-state index contributed by atoms with van der Waals surface area (Å²) in [5.41, 5.74) is 2.69. The van der Waals surface area contributed by atoms with E-state index in [9.17, 15) is 0 Å². The summed E-state index contributed by atoms with van der Waals surface area (Å²) < 4.78 is 7.87. The molecule has 26 heavy (non-hydrogen) atoms. The Hall–Kier alpha value is -2.19. The molecule has 0 spiro atoms. The van der Waals surface area contributed by atoms with Gasteiger partial charge in [0.1, 0.15) is 5.82 Å². The first-order valence-corrected chi connectivity index (χ1v) is 9.20. The third kappa shape index (κ3) is 3.26. The van der Waals surface area contributed by atoms with Gasteiger partial charge in [0, 0.05) is 64.8 Å². The molecule has 4 heterocycles. The molecule has 0 aliphatic carbocycles. The summed E-state index contributed by atoms with van der Waals surface area (Å²) in [4.78, 5) is 13.1. The van der Waals surface area contributed by atoms with Gasteiger partial charge >= 0.3 is 0 Å². The Labute approximate surface area is 154 Å². The van der Waals surface area contributed by atoms with Gasteiger partial charge in [0.25, 0.3) is 0 Å². The standard InChI is InChI=1S/C18H27N7O/c1-23(2)18-19-7-6-17(22-18)24-11-14(16(12-24)26-3)20-9-13-10-21-25-8-4-5-15(13)25/h6-7,10,14,16,20H,4-5,8-9,11-12H2,1-3H3/t14-,16+/m0/s1. The summed E-state index contributed by atoms with van der Waals surface area (Å²) in [7, 11) is 5.69. The molecule has 2 aliphatic rings. The second kappa shape index (κ2) is 7.20. The number of aromatic nitrogens is 4. The van der Waals surface area contributed by atoms with E-state index in [-0.39, 0.29) is 12.1 Å². The molecule has 140 valence electrons. The van der Waals surface area contributed by atoms with Crippen LogP contribution in [-0.2, 0) is 24.2 Å². The van der Waals surface area contributed by atoms with E-state index in [2.05, 4.69) is 30.0 Å². The molecule has 0 radical (unpaired) electrons. The number of anilines is 2. The van der Waals surface area contributed by atoms with Gasteiger partial charge in [-0.2, -0.15) is 10.1 Å². The smallest absolute Gasteiger partial charge is 0.226 e. The van der Waals surface area contributed by atoms with Crippen molar-refractivity contribution in [2.75, 3.05) is 44.1 Å². The van der Waals surface area contributed by atoms with Crippen LogP contribution < -0.4 is 15.1 Å². The van der Waals surface area contributed by atoms with Crippen LogP contribution in [0.2, 0.25) is 0 Å². The lowest BCUT2D eigenvalue weighted by Crippen LogP contribution is -2.39. The van der Waals surface area contributed by atoms with Crippen LogP contribution in [0.3, 0.4) is 0 Å². The van der Waals surface area contributed by atoms with Gasteiger partial charge in [0.05, 0.1) is 18.3 Å². The lowest BCUT2D eigenvalue weighted by Gasteiger charge is -2.19. The summed E-state index contributed by atoms with van der Waals surface area (Å²) in [6, 6.07) is 2.22. The first-order valence-electron chi connectivity index (χ1n) is 9.20. The van der Waals surface area contributed by atoms with Gasteiger partial charge in [-0.05, 0) is 18.9 Å². The van der Waals surface area contributed by atoms with Crippen molar-refractivity contribution in [1.29, 1.82) is 0 Å². The molecule has 8 heteroatoms. The normalized spacial score (nSPS) is 22.0. The zero-order valence-electron chi connectivity index (χ0n) is 15.7. The summed E-state index contributed by atoms with van der Waals surface area (Å²) >= 11 is 0. The summed E-state index contributed by atoms with van der Waals surface area (Å²) in [5.74, 6) is 1.67. The lowest BCUT2D eigenvalue weighted by molar-refractivity contribution is 0.0966. The molecule has 4 rings (SSSR count). The Morgan fingerprint density at radius 1 is 1.35 bits per heavy atom. The SMILES string of the molecule is CO[C@@H]1CN(c2ccnc(N(C)C)n2)C[C@@H]1NCc1cnn2c1CCC2. The Morgan fingerprint density at radius 2 is 2.23 bits per heavy atom. The van der Waals surface area contributed by atoms with Crippen LogP contribution in [0.1, 0.15) is 17.7 Å². The topological polar surface area (TPSA) is 71.3 Å². The highest BCUT2D eigenvalue weighted by molar-refractivity contribution is 5.45. The monoisotopic (exact) mass is 357 g/mol.